The minimum Gasteiger partial charge on any atom is -0.490 e. The van der Waals surface area contributed by atoms with E-state index in [0.29, 0.717) is 12.0 Å². The van der Waals surface area contributed by atoms with Crippen molar-refractivity contribution in [3.05, 3.63) is 29.8 Å². The van der Waals surface area contributed by atoms with Crippen LogP contribution >= 0.6 is 0 Å². The maximum Gasteiger partial charge on any atom is 0.122 e. The van der Waals surface area contributed by atoms with Crippen molar-refractivity contribution >= 4 is 0 Å². The first-order chi connectivity index (χ1) is 8.16. The van der Waals surface area contributed by atoms with Gasteiger partial charge in [0.05, 0.1) is 0 Å². The smallest absolute Gasteiger partial charge is 0.122 e. The van der Waals surface area contributed by atoms with Crippen LogP contribution in [-0.2, 0) is 0 Å². The molecule has 1 aromatic carbocycles. The summed E-state index contributed by atoms with van der Waals surface area (Å²) in [4.78, 5) is 2.41. The summed E-state index contributed by atoms with van der Waals surface area (Å²) in [6.07, 6.45) is 2.76. The molecule has 0 aromatic heterocycles. The molecule has 0 radical (unpaired) electrons. The first kappa shape index (κ1) is 12.4. The Hall–Kier alpha value is -1.02. The lowest BCUT2D eigenvalue weighted by Crippen LogP contribution is -2.30. The fourth-order valence-corrected chi connectivity index (χ4v) is 2.57. The van der Waals surface area contributed by atoms with Gasteiger partial charge in [0.15, 0.2) is 0 Å². The van der Waals surface area contributed by atoms with Crippen LogP contribution in [0.4, 0.5) is 0 Å². The molecule has 17 heavy (non-hydrogen) atoms. The first-order valence-corrected chi connectivity index (χ1v) is 6.57. The molecule has 2 unspecified atom stereocenters. The van der Waals surface area contributed by atoms with Gasteiger partial charge in [0.2, 0.25) is 0 Å². The molecule has 2 atom stereocenters. The molecular formula is C15H23NO. The van der Waals surface area contributed by atoms with Crippen LogP contribution in [0.3, 0.4) is 0 Å². The maximum absolute atomic E-state index is 6.20. The summed E-state index contributed by atoms with van der Waals surface area (Å²) in [5.41, 5.74) is 1.23. The summed E-state index contributed by atoms with van der Waals surface area (Å²) < 4.78 is 6.20. The van der Waals surface area contributed by atoms with Gasteiger partial charge in [-0.1, -0.05) is 25.1 Å². The fraction of sp³-hybridized carbons (Fsp3) is 0.600. The molecule has 0 bridgehead atoms. The van der Waals surface area contributed by atoms with Gasteiger partial charge in [-0.25, -0.2) is 0 Å². The lowest BCUT2D eigenvalue weighted by atomic mass is 10.0. The van der Waals surface area contributed by atoms with Gasteiger partial charge >= 0.3 is 0 Å². The molecule has 1 saturated heterocycles. The largest absolute Gasteiger partial charge is 0.490 e. The summed E-state index contributed by atoms with van der Waals surface area (Å²) >= 11 is 0. The predicted molar refractivity (Wildman–Crippen MR) is 71.5 cm³/mol. The molecule has 1 aliphatic rings. The maximum atomic E-state index is 6.20. The third-order valence-corrected chi connectivity index (χ3v) is 3.63. The van der Waals surface area contributed by atoms with Crippen LogP contribution in [0, 0.1) is 12.8 Å². The summed E-state index contributed by atoms with van der Waals surface area (Å²) in [6, 6.07) is 8.31. The first-order valence-electron chi connectivity index (χ1n) is 6.57. The minimum absolute atomic E-state index is 0.362. The molecule has 0 saturated carbocycles. The molecule has 0 spiro atoms. The number of likely N-dealkylation sites (tertiary alicyclic amines) is 1. The van der Waals surface area contributed by atoms with E-state index in [9.17, 15) is 0 Å². The van der Waals surface area contributed by atoms with Gasteiger partial charge in [0.25, 0.3) is 0 Å². The van der Waals surface area contributed by atoms with Crippen molar-refractivity contribution in [2.75, 3.05) is 20.1 Å². The number of ether oxygens (including phenoxy) is 1. The van der Waals surface area contributed by atoms with Crippen molar-refractivity contribution in [3.63, 3.8) is 0 Å². The highest BCUT2D eigenvalue weighted by Gasteiger charge is 2.24. The van der Waals surface area contributed by atoms with E-state index in [1.807, 2.05) is 0 Å². The average molecular weight is 233 g/mol. The molecular weight excluding hydrogens is 210 g/mol. The Kier molecular flexibility index (Phi) is 4.06. The minimum atomic E-state index is 0.362. The molecule has 2 rings (SSSR count). The number of hydrogen-bond donors (Lipinski definition) is 0. The Labute approximate surface area is 105 Å². The Bertz CT molecular complexity index is 364. The average Bonchev–Trinajstić information content (AvgIpc) is 2.44. The van der Waals surface area contributed by atoms with Crippen LogP contribution in [0.2, 0.25) is 0 Å². The van der Waals surface area contributed by atoms with E-state index in [4.69, 9.17) is 4.74 Å². The SMILES string of the molecule is Cc1ccccc1OC1CCCN(C)CC1C. The molecule has 94 valence electrons. The monoisotopic (exact) mass is 233 g/mol. The van der Waals surface area contributed by atoms with Gasteiger partial charge in [-0.05, 0) is 45.0 Å². The van der Waals surface area contributed by atoms with Crippen LogP contribution < -0.4 is 4.74 Å². The van der Waals surface area contributed by atoms with Crippen LogP contribution in [0.1, 0.15) is 25.3 Å². The second-order valence-electron chi connectivity index (χ2n) is 5.30. The Balaban J connectivity index is 2.05. The quantitative estimate of drug-likeness (QED) is 0.778. The number of para-hydroxylation sites is 1. The lowest BCUT2D eigenvalue weighted by Gasteiger charge is -2.25. The number of benzene rings is 1. The van der Waals surface area contributed by atoms with Crippen molar-refractivity contribution in [3.8, 4) is 5.75 Å². The Morgan fingerprint density at radius 2 is 2.06 bits per heavy atom. The van der Waals surface area contributed by atoms with E-state index >= 15 is 0 Å². The Morgan fingerprint density at radius 1 is 1.29 bits per heavy atom. The highest BCUT2D eigenvalue weighted by atomic mass is 16.5. The fourth-order valence-electron chi connectivity index (χ4n) is 2.57. The molecule has 0 N–H and O–H groups in total. The Morgan fingerprint density at radius 3 is 2.82 bits per heavy atom. The van der Waals surface area contributed by atoms with Crippen LogP contribution in [0.5, 0.6) is 5.75 Å². The molecule has 0 aliphatic carbocycles. The zero-order valence-electron chi connectivity index (χ0n) is 11.1. The van der Waals surface area contributed by atoms with Crippen LogP contribution in [0.25, 0.3) is 0 Å². The van der Waals surface area contributed by atoms with E-state index in [1.54, 1.807) is 0 Å². The highest BCUT2D eigenvalue weighted by molar-refractivity contribution is 5.32. The zero-order chi connectivity index (χ0) is 12.3. The highest BCUT2D eigenvalue weighted by Crippen LogP contribution is 2.24. The standard InChI is InChI=1S/C15H23NO/c1-12-7-4-5-8-14(12)17-15-9-6-10-16(3)11-13(15)2/h4-5,7-8,13,15H,6,9-11H2,1-3H3. The van der Waals surface area contributed by atoms with Crippen molar-refractivity contribution in [2.24, 2.45) is 5.92 Å². The van der Waals surface area contributed by atoms with E-state index < -0.39 is 0 Å². The number of rotatable bonds is 2. The number of aryl methyl sites for hydroxylation is 1. The predicted octanol–water partition coefficient (Wildman–Crippen LogP) is 3.10. The molecule has 0 amide bonds. The number of nitrogens with zero attached hydrogens (tertiary/aromatic N) is 1. The summed E-state index contributed by atoms with van der Waals surface area (Å²) in [6.45, 7) is 6.74. The third-order valence-electron chi connectivity index (χ3n) is 3.63. The van der Waals surface area contributed by atoms with Gasteiger partial charge in [0, 0.05) is 12.5 Å². The van der Waals surface area contributed by atoms with Gasteiger partial charge in [-0.2, -0.15) is 0 Å². The van der Waals surface area contributed by atoms with Crippen LogP contribution in [-0.4, -0.2) is 31.1 Å². The molecule has 1 heterocycles. The van der Waals surface area contributed by atoms with Crippen molar-refractivity contribution < 1.29 is 4.74 Å². The third kappa shape index (κ3) is 3.22. The van der Waals surface area contributed by atoms with Crippen molar-refractivity contribution in [2.45, 2.75) is 32.8 Å². The van der Waals surface area contributed by atoms with Gasteiger partial charge in [0.1, 0.15) is 11.9 Å². The second-order valence-corrected chi connectivity index (χ2v) is 5.30. The summed E-state index contributed by atoms with van der Waals surface area (Å²) in [7, 11) is 2.20. The lowest BCUT2D eigenvalue weighted by molar-refractivity contribution is 0.130. The van der Waals surface area contributed by atoms with Crippen molar-refractivity contribution in [1.82, 2.24) is 4.90 Å². The van der Waals surface area contributed by atoms with E-state index in [0.717, 1.165) is 12.3 Å². The van der Waals surface area contributed by atoms with E-state index in [2.05, 4.69) is 50.1 Å². The summed E-state index contributed by atoms with van der Waals surface area (Å²) in [5.74, 6) is 1.65. The zero-order valence-corrected chi connectivity index (χ0v) is 11.1. The van der Waals surface area contributed by atoms with E-state index in [1.165, 1.54) is 24.9 Å². The molecule has 1 fully saturated rings. The van der Waals surface area contributed by atoms with Crippen LogP contribution in [0.15, 0.2) is 24.3 Å². The molecule has 2 heteroatoms. The molecule has 2 nitrogen and oxygen atoms in total. The topological polar surface area (TPSA) is 12.5 Å². The number of hydrogen-bond acceptors (Lipinski definition) is 2. The van der Waals surface area contributed by atoms with E-state index in [-0.39, 0.29) is 0 Å². The van der Waals surface area contributed by atoms with Crippen molar-refractivity contribution in [1.29, 1.82) is 0 Å². The summed E-state index contributed by atoms with van der Waals surface area (Å²) in [5, 5.41) is 0. The van der Waals surface area contributed by atoms with Gasteiger partial charge in [-0.15, -0.1) is 0 Å². The second kappa shape index (κ2) is 5.54. The molecule has 1 aliphatic heterocycles. The van der Waals surface area contributed by atoms with Gasteiger partial charge in [-0.3, -0.25) is 0 Å². The van der Waals surface area contributed by atoms with Gasteiger partial charge < -0.3 is 9.64 Å². The molecule has 1 aromatic rings. The normalized spacial score (nSPS) is 26.5.